The fraction of sp³-hybridized carbons (Fsp3) is 0.556. The smallest absolute Gasteiger partial charge is 0.163 e. The maximum atomic E-state index is 12.5. The Hall–Kier alpha value is -1.84. The minimum atomic E-state index is -0.266. The maximum Gasteiger partial charge on any atom is 0.163 e. The van der Waals surface area contributed by atoms with Crippen molar-refractivity contribution < 1.29 is 19.8 Å². The van der Waals surface area contributed by atoms with Crippen molar-refractivity contribution in [2.24, 2.45) is 17.3 Å². The van der Waals surface area contributed by atoms with Gasteiger partial charge in [-0.15, -0.1) is 0 Å². The van der Waals surface area contributed by atoms with Gasteiger partial charge in [0.1, 0.15) is 5.78 Å². The number of benzene rings is 1. The van der Waals surface area contributed by atoms with E-state index in [2.05, 4.69) is 6.92 Å². The number of phenolic OH excluding ortho intramolecular Hbond substituents is 2. The molecule has 1 aromatic carbocycles. The summed E-state index contributed by atoms with van der Waals surface area (Å²) in [6.07, 6.45) is 3.69. The molecule has 0 bridgehead atoms. The standard InChI is InChI=1S/C18H20O4/c1-18-5-4-9-10-6-15(20)16(21)8-12(10)14(19)7-11(9)13(18)2-3-17(18)22/h6,8-9,11,13,20-21H,2-5,7H2,1H3/t9-,11-,13+,18+/m1/s1. The summed E-state index contributed by atoms with van der Waals surface area (Å²) in [7, 11) is 0. The first-order valence-corrected chi connectivity index (χ1v) is 8.04. The Morgan fingerprint density at radius 1 is 1.14 bits per heavy atom. The van der Waals surface area contributed by atoms with Gasteiger partial charge in [0.15, 0.2) is 17.3 Å². The maximum absolute atomic E-state index is 12.5. The first-order chi connectivity index (χ1) is 10.4. The molecule has 0 amide bonds. The van der Waals surface area contributed by atoms with E-state index in [1.165, 1.54) is 6.07 Å². The Morgan fingerprint density at radius 3 is 2.64 bits per heavy atom. The van der Waals surface area contributed by atoms with Crippen LogP contribution in [0.4, 0.5) is 0 Å². The van der Waals surface area contributed by atoms with Crippen molar-refractivity contribution in [3.05, 3.63) is 23.3 Å². The van der Waals surface area contributed by atoms with Gasteiger partial charge in [0.05, 0.1) is 0 Å². The molecule has 0 heterocycles. The molecule has 22 heavy (non-hydrogen) atoms. The van der Waals surface area contributed by atoms with Crippen molar-refractivity contribution in [2.75, 3.05) is 0 Å². The Labute approximate surface area is 129 Å². The van der Waals surface area contributed by atoms with Crippen LogP contribution in [0.15, 0.2) is 12.1 Å². The van der Waals surface area contributed by atoms with Gasteiger partial charge < -0.3 is 10.2 Å². The number of phenols is 2. The molecule has 0 unspecified atom stereocenters. The SMILES string of the molecule is C[C@]12CC[C@@H]3c4cc(O)c(O)cc4C(=O)C[C@H]3[C@@H]1CCC2=O. The molecule has 0 spiro atoms. The van der Waals surface area contributed by atoms with E-state index in [9.17, 15) is 19.8 Å². The van der Waals surface area contributed by atoms with Crippen LogP contribution in [-0.2, 0) is 4.79 Å². The molecule has 2 fully saturated rings. The zero-order valence-electron chi connectivity index (χ0n) is 12.6. The van der Waals surface area contributed by atoms with Crippen LogP contribution >= 0.6 is 0 Å². The Morgan fingerprint density at radius 2 is 1.86 bits per heavy atom. The normalized spacial score (nSPS) is 36.7. The Bertz CT molecular complexity index is 693. The zero-order chi connectivity index (χ0) is 15.6. The number of carbonyl (C=O) groups is 2. The molecule has 4 heteroatoms. The minimum absolute atomic E-state index is 0.0233. The number of ketones is 2. The third kappa shape index (κ3) is 1.64. The van der Waals surface area contributed by atoms with Crippen LogP contribution in [0.2, 0.25) is 0 Å². The van der Waals surface area contributed by atoms with Gasteiger partial charge in [-0.2, -0.15) is 0 Å². The van der Waals surface area contributed by atoms with Crippen LogP contribution in [0.1, 0.15) is 60.9 Å². The summed E-state index contributed by atoms with van der Waals surface area (Å²) in [5, 5.41) is 19.5. The lowest BCUT2D eigenvalue weighted by Gasteiger charge is -2.47. The van der Waals surface area contributed by atoms with Gasteiger partial charge in [0.25, 0.3) is 0 Å². The first kappa shape index (κ1) is 13.8. The number of aromatic hydroxyl groups is 2. The van der Waals surface area contributed by atoms with E-state index in [1.54, 1.807) is 6.07 Å². The van der Waals surface area contributed by atoms with Crippen LogP contribution < -0.4 is 0 Å². The van der Waals surface area contributed by atoms with Gasteiger partial charge >= 0.3 is 0 Å². The summed E-state index contributed by atoms with van der Waals surface area (Å²) < 4.78 is 0. The summed E-state index contributed by atoms with van der Waals surface area (Å²) in [5.74, 6) is 0.646. The molecule has 4 rings (SSSR count). The summed E-state index contributed by atoms with van der Waals surface area (Å²) in [4.78, 5) is 24.8. The highest BCUT2D eigenvalue weighted by Crippen LogP contribution is 2.59. The van der Waals surface area contributed by atoms with Gasteiger partial charge in [-0.25, -0.2) is 0 Å². The van der Waals surface area contributed by atoms with Gasteiger partial charge in [-0.3, -0.25) is 9.59 Å². The van der Waals surface area contributed by atoms with Crippen molar-refractivity contribution in [3.8, 4) is 11.5 Å². The third-order valence-corrected chi connectivity index (χ3v) is 6.41. The molecular weight excluding hydrogens is 280 g/mol. The largest absolute Gasteiger partial charge is 0.504 e. The fourth-order valence-corrected chi connectivity index (χ4v) is 5.19. The second-order valence-corrected chi connectivity index (χ2v) is 7.35. The molecule has 1 aromatic rings. The summed E-state index contributed by atoms with van der Waals surface area (Å²) in [5.41, 5.74) is 1.14. The second-order valence-electron chi connectivity index (χ2n) is 7.35. The summed E-state index contributed by atoms with van der Waals surface area (Å²) >= 11 is 0. The second kappa shape index (κ2) is 4.34. The topological polar surface area (TPSA) is 74.6 Å². The third-order valence-electron chi connectivity index (χ3n) is 6.41. The van der Waals surface area contributed by atoms with E-state index < -0.39 is 0 Å². The number of carbonyl (C=O) groups excluding carboxylic acids is 2. The minimum Gasteiger partial charge on any atom is -0.504 e. The molecule has 3 aliphatic rings. The Kier molecular flexibility index (Phi) is 2.72. The average molecular weight is 300 g/mol. The molecule has 0 aliphatic heterocycles. The molecule has 2 N–H and O–H groups in total. The Balaban J connectivity index is 1.81. The van der Waals surface area contributed by atoms with Crippen LogP contribution in [-0.4, -0.2) is 21.8 Å². The number of fused-ring (bicyclic) bond motifs is 5. The van der Waals surface area contributed by atoms with E-state index >= 15 is 0 Å². The number of rotatable bonds is 0. The van der Waals surface area contributed by atoms with Crippen molar-refractivity contribution in [1.82, 2.24) is 0 Å². The number of Topliss-reactive ketones (excluding diaryl/α,β-unsaturated/α-hetero) is 2. The first-order valence-electron chi connectivity index (χ1n) is 8.04. The lowest BCUT2D eigenvalue weighted by Crippen LogP contribution is -2.43. The molecule has 0 radical (unpaired) electrons. The van der Waals surface area contributed by atoms with E-state index in [0.29, 0.717) is 24.2 Å². The van der Waals surface area contributed by atoms with Gasteiger partial charge in [0.2, 0.25) is 0 Å². The monoisotopic (exact) mass is 300 g/mol. The predicted molar refractivity (Wildman–Crippen MR) is 80.0 cm³/mol. The van der Waals surface area contributed by atoms with E-state index in [1.807, 2.05) is 0 Å². The molecule has 0 saturated heterocycles. The summed E-state index contributed by atoms with van der Waals surface area (Å²) in [6.45, 7) is 2.07. The lowest BCUT2D eigenvalue weighted by atomic mass is 9.55. The predicted octanol–water partition coefficient (Wildman–Crippen LogP) is 3.16. The van der Waals surface area contributed by atoms with Crippen LogP contribution in [0, 0.1) is 17.3 Å². The molecule has 0 aromatic heterocycles. The van der Waals surface area contributed by atoms with Crippen molar-refractivity contribution >= 4 is 11.6 Å². The zero-order valence-corrected chi connectivity index (χ0v) is 12.6. The number of hydrogen-bond donors (Lipinski definition) is 2. The van der Waals surface area contributed by atoms with E-state index in [0.717, 1.165) is 24.8 Å². The lowest BCUT2D eigenvalue weighted by molar-refractivity contribution is -0.129. The van der Waals surface area contributed by atoms with Crippen molar-refractivity contribution in [3.63, 3.8) is 0 Å². The highest BCUT2D eigenvalue weighted by molar-refractivity contribution is 6.00. The van der Waals surface area contributed by atoms with Crippen LogP contribution in [0.5, 0.6) is 11.5 Å². The van der Waals surface area contributed by atoms with Crippen molar-refractivity contribution in [1.29, 1.82) is 0 Å². The molecule has 2 saturated carbocycles. The van der Waals surface area contributed by atoms with Crippen LogP contribution in [0.3, 0.4) is 0 Å². The van der Waals surface area contributed by atoms with Gasteiger partial charge in [-0.05, 0) is 54.7 Å². The number of hydrogen-bond acceptors (Lipinski definition) is 4. The quantitative estimate of drug-likeness (QED) is 0.722. The highest BCUT2D eigenvalue weighted by atomic mass is 16.3. The van der Waals surface area contributed by atoms with Crippen LogP contribution in [0.25, 0.3) is 0 Å². The van der Waals surface area contributed by atoms with E-state index in [4.69, 9.17) is 0 Å². The van der Waals surface area contributed by atoms with Gasteiger partial charge in [0, 0.05) is 23.8 Å². The molecular formula is C18H20O4. The molecule has 116 valence electrons. The van der Waals surface area contributed by atoms with E-state index in [-0.39, 0.29) is 40.5 Å². The average Bonchev–Trinajstić information content (AvgIpc) is 2.78. The fourth-order valence-electron chi connectivity index (χ4n) is 5.19. The summed E-state index contributed by atoms with van der Waals surface area (Å²) in [6, 6.07) is 2.95. The van der Waals surface area contributed by atoms with Gasteiger partial charge in [-0.1, -0.05) is 6.92 Å². The van der Waals surface area contributed by atoms with Crippen molar-refractivity contribution in [2.45, 2.75) is 44.9 Å². The molecule has 3 aliphatic carbocycles. The molecule has 4 atom stereocenters. The highest BCUT2D eigenvalue weighted by Gasteiger charge is 2.55. The molecule has 4 nitrogen and oxygen atoms in total.